The molecular formula is C16H20N4O2. The van der Waals surface area contributed by atoms with Gasteiger partial charge in [-0.05, 0) is 42.7 Å². The molecule has 1 aromatic carbocycles. The average molecular weight is 300 g/mol. The number of nitrogens with zero attached hydrogens (tertiary/aromatic N) is 2. The van der Waals surface area contributed by atoms with E-state index in [4.69, 9.17) is 4.74 Å². The van der Waals surface area contributed by atoms with E-state index in [0.717, 1.165) is 11.3 Å². The summed E-state index contributed by atoms with van der Waals surface area (Å²) in [6, 6.07) is 9.04. The molecule has 0 fully saturated rings. The van der Waals surface area contributed by atoms with Gasteiger partial charge in [-0.25, -0.2) is 10.4 Å². The number of aromatic nitrogens is 2. The highest BCUT2D eigenvalue weighted by molar-refractivity contribution is 5.80. The molecule has 2 N–H and O–H groups in total. The molecule has 1 aromatic heterocycles. The monoisotopic (exact) mass is 300 g/mol. The zero-order chi connectivity index (χ0) is 15.9. The number of hydrogen-bond donors (Lipinski definition) is 2. The highest BCUT2D eigenvalue weighted by Crippen LogP contribution is 2.12. The molecular weight excluding hydrogens is 280 g/mol. The first-order valence-corrected chi connectivity index (χ1v) is 7.13. The third kappa shape index (κ3) is 5.05. The van der Waals surface area contributed by atoms with Gasteiger partial charge in [0.2, 0.25) is 5.95 Å². The molecule has 0 amide bonds. The van der Waals surface area contributed by atoms with Crippen LogP contribution < -0.4 is 15.7 Å². The molecule has 0 spiro atoms. The Morgan fingerprint density at radius 3 is 2.73 bits per heavy atom. The van der Waals surface area contributed by atoms with Crippen molar-refractivity contribution in [3.05, 3.63) is 51.9 Å². The summed E-state index contributed by atoms with van der Waals surface area (Å²) in [6.45, 7) is 6.66. The van der Waals surface area contributed by atoms with Crippen LogP contribution >= 0.6 is 0 Å². The van der Waals surface area contributed by atoms with Gasteiger partial charge in [0.15, 0.2) is 0 Å². The fraction of sp³-hybridized carbons (Fsp3) is 0.312. The zero-order valence-electron chi connectivity index (χ0n) is 13.0. The van der Waals surface area contributed by atoms with Crippen LogP contribution in [-0.2, 0) is 0 Å². The van der Waals surface area contributed by atoms with Gasteiger partial charge in [-0.2, -0.15) is 5.10 Å². The molecule has 1 heterocycles. The van der Waals surface area contributed by atoms with Crippen LogP contribution in [0.15, 0.2) is 40.2 Å². The molecule has 6 nitrogen and oxygen atoms in total. The summed E-state index contributed by atoms with van der Waals surface area (Å²) >= 11 is 0. The summed E-state index contributed by atoms with van der Waals surface area (Å²) < 4.78 is 5.61. The molecule has 2 aromatic rings. The fourth-order valence-electron chi connectivity index (χ4n) is 1.71. The largest absolute Gasteiger partial charge is 0.493 e. The number of hydrazone groups is 1. The molecule has 0 saturated carbocycles. The normalized spacial score (nSPS) is 11.1. The van der Waals surface area contributed by atoms with Crippen molar-refractivity contribution >= 4 is 12.2 Å². The van der Waals surface area contributed by atoms with Crippen LogP contribution in [-0.4, -0.2) is 22.8 Å². The van der Waals surface area contributed by atoms with Gasteiger partial charge in [-0.1, -0.05) is 13.8 Å². The molecule has 0 aliphatic carbocycles. The van der Waals surface area contributed by atoms with E-state index in [1.165, 1.54) is 6.07 Å². The second kappa shape index (κ2) is 7.40. The lowest BCUT2D eigenvalue weighted by atomic mass is 10.2. The van der Waals surface area contributed by atoms with Gasteiger partial charge in [-0.15, -0.1) is 0 Å². The molecule has 0 atom stereocenters. The number of H-pyrrole nitrogens is 1. The van der Waals surface area contributed by atoms with Gasteiger partial charge in [0.25, 0.3) is 5.56 Å². The second-order valence-electron chi connectivity index (χ2n) is 5.38. The number of hydrogen-bond acceptors (Lipinski definition) is 5. The first-order valence-electron chi connectivity index (χ1n) is 7.13. The van der Waals surface area contributed by atoms with Crippen LogP contribution in [0.3, 0.4) is 0 Å². The van der Waals surface area contributed by atoms with Crippen LogP contribution in [0.5, 0.6) is 5.75 Å². The number of benzene rings is 1. The maximum atomic E-state index is 11.3. The van der Waals surface area contributed by atoms with Crippen LogP contribution in [0.25, 0.3) is 0 Å². The van der Waals surface area contributed by atoms with Crippen molar-refractivity contribution in [1.29, 1.82) is 0 Å². The summed E-state index contributed by atoms with van der Waals surface area (Å²) in [4.78, 5) is 18.0. The Morgan fingerprint density at radius 1 is 1.36 bits per heavy atom. The lowest BCUT2D eigenvalue weighted by Crippen LogP contribution is -2.10. The van der Waals surface area contributed by atoms with Crippen molar-refractivity contribution in [2.75, 3.05) is 12.0 Å². The molecule has 116 valence electrons. The van der Waals surface area contributed by atoms with Gasteiger partial charge < -0.3 is 4.74 Å². The van der Waals surface area contributed by atoms with Crippen molar-refractivity contribution < 1.29 is 4.74 Å². The Labute approximate surface area is 129 Å². The van der Waals surface area contributed by atoms with Crippen molar-refractivity contribution in [2.45, 2.75) is 20.8 Å². The van der Waals surface area contributed by atoms with Crippen molar-refractivity contribution in [1.82, 2.24) is 9.97 Å². The number of aromatic amines is 1. The molecule has 0 unspecified atom stereocenters. The molecule has 0 aliphatic rings. The topological polar surface area (TPSA) is 79.4 Å². The van der Waals surface area contributed by atoms with E-state index in [9.17, 15) is 4.79 Å². The average Bonchev–Trinajstić information content (AvgIpc) is 2.45. The number of aryl methyl sites for hydroxylation is 1. The third-order valence-electron chi connectivity index (χ3n) is 2.72. The van der Waals surface area contributed by atoms with Gasteiger partial charge in [-0.3, -0.25) is 9.78 Å². The SMILES string of the molecule is Cc1cc(=O)[nH]c(N/N=C\c2ccc(OCC(C)C)cc2)n1. The zero-order valence-corrected chi connectivity index (χ0v) is 13.0. The van der Waals surface area contributed by atoms with Gasteiger partial charge in [0.1, 0.15) is 5.75 Å². The molecule has 22 heavy (non-hydrogen) atoms. The highest BCUT2D eigenvalue weighted by atomic mass is 16.5. The minimum absolute atomic E-state index is 0.211. The third-order valence-corrected chi connectivity index (χ3v) is 2.72. The fourth-order valence-corrected chi connectivity index (χ4v) is 1.71. The second-order valence-corrected chi connectivity index (χ2v) is 5.38. The predicted molar refractivity (Wildman–Crippen MR) is 87.6 cm³/mol. The van der Waals surface area contributed by atoms with Crippen molar-refractivity contribution in [3.63, 3.8) is 0 Å². The molecule has 0 aliphatic heterocycles. The number of nitrogens with one attached hydrogen (secondary N) is 2. The minimum Gasteiger partial charge on any atom is -0.493 e. The van der Waals surface area contributed by atoms with Crippen molar-refractivity contribution in [3.8, 4) is 5.75 Å². The van der Waals surface area contributed by atoms with Gasteiger partial charge >= 0.3 is 0 Å². The minimum atomic E-state index is -0.211. The molecule has 0 radical (unpaired) electrons. The van der Waals surface area contributed by atoms with Crippen molar-refractivity contribution in [2.24, 2.45) is 11.0 Å². The van der Waals surface area contributed by atoms with Gasteiger partial charge in [0.05, 0.1) is 12.8 Å². The number of rotatable bonds is 6. The van der Waals surface area contributed by atoms with E-state index < -0.39 is 0 Å². The van der Waals surface area contributed by atoms with Crippen LogP contribution in [0.2, 0.25) is 0 Å². The molecule has 0 bridgehead atoms. The Hall–Kier alpha value is -2.63. The Kier molecular flexibility index (Phi) is 5.30. The van der Waals surface area contributed by atoms with Crippen LogP contribution in [0.4, 0.5) is 5.95 Å². The Morgan fingerprint density at radius 2 is 2.09 bits per heavy atom. The standard InChI is InChI=1S/C16H20N4O2/c1-11(2)10-22-14-6-4-13(5-7-14)9-17-20-16-18-12(3)8-15(21)19-16/h4-9,11H,10H2,1-3H3,(H2,18,19,20,21)/b17-9-. The Bertz CT molecular complexity index is 690. The van der Waals surface area contributed by atoms with Gasteiger partial charge in [0, 0.05) is 11.8 Å². The first-order chi connectivity index (χ1) is 10.5. The number of ether oxygens (including phenoxy) is 1. The molecule has 2 rings (SSSR count). The first kappa shape index (κ1) is 15.8. The lowest BCUT2D eigenvalue weighted by molar-refractivity contribution is 0.271. The summed E-state index contributed by atoms with van der Waals surface area (Å²) in [5.74, 6) is 1.65. The van der Waals surface area contributed by atoms with E-state index in [1.807, 2.05) is 24.3 Å². The summed E-state index contributed by atoms with van der Waals surface area (Å²) in [6.07, 6.45) is 1.65. The smallest absolute Gasteiger partial charge is 0.252 e. The highest BCUT2D eigenvalue weighted by Gasteiger charge is 1.98. The molecule has 0 saturated heterocycles. The predicted octanol–water partition coefficient (Wildman–Crippen LogP) is 2.56. The van der Waals surface area contributed by atoms with E-state index in [-0.39, 0.29) is 5.56 Å². The summed E-state index contributed by atoms with van der Waals surface area (Å²) in [5.41, 5.74) is 4.04. The number of anilines is 1. The maximum absolute atomic E-state index is 11.3. The summed E-state index contributed by atoms with van der Waals surface area (Å²) in [5, 5.41) is 4.05. The van der Waals surface area contributed by atoms with E-state index >= 15 is 0 Å². The lowest BCUT2D eigenvalue weighted by Gasteiger charge is -2.08. The summed E-state index contributed by atoms with van der Waals surface area (Å²) in [7, 11) is 0. The quantitative estimate of drug-likeness (QED) is 0.635. The van der Waals surface area contributed by atoms with Crippen LogP contribution in [0.1, 0.15) is 25.1 Å². The molecule has 6 heteroatoms. The van der Waals surface area contributed by atoms with E-state index in [0.29, 0.717) is 24.2 Å². The Balaban J connectivity index is 1.94. The van der Waals surface area contributed by atoms with Crippen LogP contribution in [0, 0.1) is 12.8 Å². The van der Waals surface area contributed by atoms with E-state index in [2.05, 4.69) is 34.3 Å². The van der Waals surface area contributed by atoms with E-state index in [1.54, 1.807) is 13.1 Å². The maximum Gasteiger partial charge on any atom is 0.252 e.